The third-order valence-corrected chi connectivity index (χ3v) is 4.70. The van der Waals surface area contributed by atoms with Crippen molar-refractivity contribution in [3.05, 3.63) is 35.3 Å². The maximum Gasteiger partial charge on any atom is 0.226 e. The molecular formula is C17H23Cl2N3O2S. The number of thiazole rings is 1. The van der Waals surface area contributed by atoms with E-state index < -0.39 is 0 Å². The highest BCUT2D eigenvalue weighted by Gasteiger charge is 2.17. The van der Waals surface area contributed by atoms with Crippen LogP contribution >= 0.6 is 36.2 Å². The van der Waals surface area contributed by atoms with Crippen molar-refractivity contribution in [2.75, 3.05) is 26.2 Å². The quantitative estimate of drug-likeness (QED) is 0.745. The molecule has 0 bridgehead atoms. The Morgan fingerprint density at radius 1 is 1.32 bits per heavy atom. The van der Waals surface area contributed by atoms with Gasteiger partial charge in [0.05, 0.1) is 18.7 Å². The number of nitrogens with zero attached hydrogens (tertiary/aromatic N) is 1. The van der Waals surface area contributed by atoms with Gasteiger partial charge in [-0.25, -0.2) is 4.98 Å². The van der Waals surface area contributed by atoms with Gasteiger partial charge in [0.1, 0.15) is 10.8 Å². The van der Waals surface area contributed by atoms with Gasteiger partial charge in [-0.1, -0.05) is 0 Å². The first kappa shape index (κ1) is 21.7. The van der Waals surface area contributed by atoms with E-state index in [0.717, 1.165) is 41.6 Å². The highest BCUT2D eigenvalue weighted by Crippen LogP contribution is 2.26. The second kappa shape index (κ2) is 10.6. The van der Waals surface area contributed by atoms with Crippen molar-refractivity contribution in [3.63, 3.8) is 0 Å². The lowest BCUT2D eigenvalue weighted by Gasteiger charge is -2.26. The number of carbonyl (C=O) groups excluding carboxylic acids is 1. The minimum atomic E-state index is 0. The van der Waals surface area contributed by atoms with Crippen LogP contribution in [0.15, 0.2) is 29.6 Å². The second-order valence-corrected chi connectivity index (χ2v) is 6.46. The predicted octanol–water partition coefficient (Wildman–Crippen LogP) is 2.93. The van der Waals surface area contributed by atoms with Gasteiger partial charge in [-0.05, 0) is 31.2 Å². The molecule has 8 heteroatoms. The molecule has 0 radical (unpaired) electrons. The van der Waals surface area contributed by atoms with Crippen molar-refractivity contribution in [1.82, 2.24) is 15.6 Å². The van der Waals surface area contributed by atoms with E-state index in [1.54, 1.807) is 11.3 Å². The van der Waals surface area contributed by atoms with Crippen molar-refractivity contribution in [1.29, 1.82) is 0 Å². The first-order valence-electron chi connectivity index (χ1n) is 7.89. The van der Waals surface area contributed by atoms with E-state index in [-0.39, 0.29) is 30.7 Å². The number of nitrogens with one attached hydrogen (secondary N) is 2. The lowest BCUT2D eigenvalue weighted by atomic mass is 10.0. The van der Waals surface area contributed by atoms with Crippen molar-refractivity contribution in [2.24, 2.45) is 5.92 Å². The Kier molecular flexibility index (Phi) is 9.21. The monoisotopic (exact) mass is 403 g/mol. The van der Waals surface area contributed by atoms with Crippen LogP contribution in [0, 0.1) is 5.92 Å². The summed E-state index contributed by atoms with van der Waals surface area (Å²) in [5.74, 6) is 1.48. The Hall–Kier alpha value is -1.34. The summed E-state index contributed by atoms with van der Waals surface area (Å²) in [6.07, 6.45) is 0.341. The van der Waals surface area contributed by atoms with E-state index in [2.05, 4.69) is 15.6 Å². The molecule has 0 spiro atoms. The minimum Gasteiger partial charge on any atom is -0.494 e. The molecule has 25 heavy (non-hydrogen) atoms. The first-order valence-corrected chi connectivity index (χ1v) is 8.77. The summed E-state index contributed by atoms with van der Waals surface area (Å²) < 4.78 is 5.44. The zero-order chi connectivity index (χ0) is 16.1. The van der Waals surface area contributed by atoms with Crippen molar-refractivity contribution >= 4 is 42.1 Å². The van der Waals surface area contributed by atoms with E-state index in [0.29, 0.717) is 18.9 Å². The fourth-order valence-electron chi connectivity index (χ4n) is 2.36. The number of amides is 1. The molecule has 1 aliphatic rings. The molecule has 1 fully saturated rings. The van der Waals surface area contributed by atoms with Crippen molar-refractivity contribution in [3.8, 4) is 16.3 Å². The van der Waals surface area contributed by atoms with Crippen LogP contribution in [-0.2, 0) is 11.2 Å². The summed E-state index contributed by atoms with van der Waals surface area (Å²) in [6, 6.07) is 7.88. The van der Waals surface area contributed by atoms with Crippen molar-refractivity contribution < 1.29 is 9.53 Å². The molecule has 0 aliphatic carbocycles. The number of hydrogen-bond acceptors (Lipinski definition) is 5. The Morgan fingerprint density at radius 3 is 2.64 bits per heavy atom. The van der Waals surface area contributed by atoms with Crippen LogP contribution in [0.25, 0.3) is 10.6 Å². The zero-order valence-corrected chi connectivity index (χ0v) is 16.4. The van der Waals surface area contributed by atoms with Crippen LogP contribution in [0.3, 0.4) is 0 Å². The SMILES string of the molecule is CCOc1ccc(-c2nc(CC(=O)NCC3CNC3)cs2)cc1.Cl.Cl. The smallest absolute Gasteiger partial charge is 0.226 e. The van der Waals surface area contributed by atoms with E-state index >= 15 is 0 Å². The van der Waals surface area contributed by atoms with E-state index in [1.165, 1.54) is 0 Å². The van der Waals surface area contributed by atoms with Gasteiger partial charge in [-0.15, -0.1) is 36.2 Å². The topological polar surface area (TPSA) is 63.2 Å². The predicted molar refractivity (Wildman–Crippen MR) is 106 cm³/mol. The summed E-state index contributed by atoms with van der Waals surface area (Å²) >= 11 is 1.56. The first-order chi connectivity index (χ1) is 11.2. The molecule has 3 rings (SSSR count). The maximum atomic E-state index is 11.9. The number of halogens is 2. The maximum absolute atomic E-state index is 11.9. The molecule has 2 N–H and O–H groups in total. The van der Waals surface area contributed by atoms with Crippen LogP contribution in [0.5, 0.6) is 5.75 Å². The number of aromatic nitrogens is 1. The van der Waals surface area contributed by atoms with Crippen LogP contribution < -0.4 is 15.4 Å². The molecule has 1 amide bonds. The van der Waals surface area contributed by atoms with Gasteiger partial charge >= 0.3 is 0 Å². The summed E-state index contributed by atoms with van der Waals surface area (Å²) in [5.41, 5.74) is 1.87. The van der Waals surface area contributed by atoms with Crippen molar-refractivity contribution in [2.45, 2.75) is 13.3 Å². The highest BCUT2D eigenvalue weighted by molar-refractivity contribution is 7.13. The number of rotatable bonds is 7. The molecule has 5 nitrogen and oxygen atoms in total. The summed E-state index contributed by atoms with van der Waals surface area (Å²) in [5, 5.41) is 9.05. The molecule has 138 valence electrons. The molecule has 1 saturated heterocycles. The van der Waals surface area contributed by atoms with Gasteiger partial charge in [0, 0.05) is 36.5 Å². The molecule has 1 aliphatic heterocycles. The Balaban J connectivity index is 0.00000156. The van der Waals surface area contributed by atoms with Gasteiger partial charge in [0.2, 0.25) is 5.91 Å². The number of benzene rings is 1. The normalized spacial score (nSPS) is 13.2. The van der Waals surface area contributed by atoms with E-state index in [9.17, 15) is 4.79 Å². The average molecular weight is 404 g/mol. The molecule has 2 aromatic rings. The van der Waals surface area contributed by atoms with E-state index in [4.69, 9.17) is 4.74 Å². The third-order valence-electron chi connectivity index (χ3n) is 3.76. The fourth-order valence-corrected chi connectivity index (χ4v) is 3.18. The standard InChI is InChI=1S/C17H21N3O2S.2ClH/c1-2-22-15-5-3-13(4-6-15)17-20-14(11-23-17)7-16(21)19-10-12-8-18-9-12;;/h3-6,11-12,18H,2,7-10H2,1H3,(H,19,21);2*1H. The molecule has 1 aromatic heterocycles. The van der Waals surface area contributed by atoms with Gasteiger partial charge in [-0.3, -0.25) is 4.79 Å². The zero-order valence-electron chi connectivity index (χ0n) is 14.0. The van der Waals surface area contributed by atoms with Gasteiger partial charge in [0.15, 0.2) is 0 Å². The Labute approximate surface area is 164 Å². The Morgan fingerprint density at radius 2 is 2.04 bits per heavy atom. The molecule has 2 heterocycles. The molecule has 0 atom stereocenters. The number of hydrogen-bond donors (Lipinski definition) is 2. The lowest BCUT2D eigenvalue weighted by Crippen LogP contribution is -2.48. The van der Waals surface area contributed by atoms with Crippen LogP contribution in [0.2, 0.25) is 0 Å². The van der Waals surface area contributed by atoms with Gasteiger partial charge in [-0.2, -0.15) is 0 Å². The third kappa shape index (κ3) is 6.15. The van der Waals surface area contributed by atoms with Crippen LogP contribution in [0.1, 0.15) is 12.6 Å². The van der Waals surface area contributed by atoms with Gasteiger partial charge < -0.3 is 15.4 Å². The van der Waals surface area contributed by atoms with E-state index in [1.807, 2.05) is 36.6 Å². The fraction of sp³-hybridized carbons (Fsp3) is 0.412. The van der Waals surface area contributed by atoms with Crippen LogP contribution in [0.4, 0.5) is 0 Å². The Bertz CT molecular complexity index is 660. The number of ether oxygens (including phenoxy) is 1. The molecule has 0 unspecified atom stereocenters. The summed E-state index contributed by atoms with van der Waals surface area (Å²) in [6.45, 7) is 5.37. The number of carbonyl (C=O) groups is 1. The highest BCUT2D eigenvalue weighted by atomic mass is 35.5. The average Bonchev–Trinajstić information content (AvgIpc) is 2.95. The molecule has 1 aromatic carbocycles. The summed E-state index contributed by atoms with van der Waals surface area (Å²) in [7, 11) is 0. The van der Waals surface area contributed by atoms with Crippen LogP contribution in [-0.4, -0.2) is 37.1 Å². The summed E-state index contributed by atoms with van der Waals surface area (Å²) in [4.78, 5) is 16.5. The van der Waals surface area contributed by atoms with Gasteiger partial charge in [0.25, 0.3) is 0 Å². The second-order valence-electron chi connectivity index (χ2n) is 5.61. The molecule has 0 saturated carbocycles. The largest absolute Gasteiger partial charge is 0.494 e. The molecular weight excluding hydrogens is 381 g/mol. The lowest BCUT2D eigenvalue weighted by molar-refractivity contribution is -0.120. The minimum absolute atomic E-state index is 0.